The number of rotatable bonds is 5. The van der Waals surface area contributed by atoms with Gasteiger partial charge in [-0.3, -0.25) is 0 Å². The highest BCUT2D eigenvalue weighted by Crippen LogP contribution is 2.09. The molecule has 1 aromatic rings. The van der Waals surface area contributed by atoms with Crippen LogP contribution >= 0.6 is 11.8 Å². The third-order valence-corrected chi connectivity index (χ3v) is 3.07. The monoisotopic (exact) mass is 222 g/mol. The van der Waals surface area contributed by atoms with Crippen LogP contribution < -0.4 is 5.32 Å². The smallest absolute Gasteiger partial charge is 0.158 e. The molecule has 1 rings (SSSR count). The molecule has 1 atom stereocenters. The Morgan fingerprint density at radius 1 is 1.53 bits per heavy atom. The van der Waals surface area contributed by atoms with Gasteiger partial charge in [0, 0.05) is 11.8 Å². The summed E-state index contributed by atoms with van der Waals surface area (Å²) in [5.74, 6) is 0.724. The first-order valence-electron chi connectivity index (χ1n) is 4.75. The maximum absolute atomic E-state index is 8.53. The van der Waals surface area contributed by atoms with Crippen LogP contribution in [0, 0.1) is 11.3 Å². The lowest BCUT2D eigenvalue weighted by Gasteiger charge is -2.08. The van der Waals surface area contributed by atoms with E-state index in [-0.39, 0.29) is 0 Å². The second-order valence-corrected chi connectivity index (χ2v) is 4.44. The van der Waals surface area contributed by atoms with Crippen LogP contribution in [-0.2, 0) is 0 Å². The molecule has 0 saturated heterocycles. The van der Waals surface area contributed by atoms with Gasteiger partial charge in [-0.05, 0) is 12.7 Å². The van der Waals surface area contributed by atoms with Gasteiger partial charge >= 0.3 is 0 Å². The first-order chi connectivity index (χ1) is 7.26. The first kappa shape index (κ1) is 11.8. The van der Waals surface area contributed by atoms with Crippen molar-refractivity contribution in [1.82, 2.24) is 9.97 Å². The number of hydrogen-bond acceptors (Lipinski definition) is 5. The van der Waals surface area contributed by atoms with Gasteiger partial charge in [-0.1, -0.05) is 6.92 Å². The lowest BCUT2D eigenvalue weighted by molar-refractivity contribution is 0.848. The molecular weight excluding hydrogens is 208 g/mol. The molecule has 0 fully saturated rings. The standard InChI is InChI=1S/C10H14N4S/c1-8(15-2)3-4-12-10-7-13-9(5-11)6-14-10/h6-8H,3-4H2,1-2H3,(H,12,14). The van der Waals surface area contributed by atoms with Gasteiger partial charge in [0.05, 0.1) is 12.4 Å². The Balaban J connectivity index is 2.35. The van der Waals surface area contributed by atoms with Gasteiger partial charge in [0.25, 0.3) is 0 Å². The van der Waals surface area contributed by atoms with E-state index in [4.69, 9.17) is 5.26 Å². The summed E-state index contributed by atoms with van der Waals surface area (Å²) in [7, 11) is 0. The van der Waals surface area contributed by atoms with Gasteiger partial charge in [0.1, 0.15) is 11.9 Å². The summed E-state index contributed by atoms with van der Waals surface area (Å²) in [6, 6.07) is 1.93. The Kier molecular flexibility index (Phi) is 4.91. The zero-order valence-corrected chi connectivity index (χ0v) is 9.71. The molecule has 0 radical (unpaired) electrons. The lowest BCUT2D eigenvalue weighted by Crippen LogP contribution is -2.09. The molecule has 0 bridgehead atoms. The summed E-state index contributed by atoms with van der Waals surface area (Å²) in [4.78, 5) is 7.99. The molecule has 0 aliphatic heterocycles. The van der Waals surface area contributed by atoms with Crippen molar-refractivity contribution in [3.63, 3.8) is 0 Å². The van der Waals surface area contributed by atoms with Gasteiger partial charge < -0.3 is 5.32 Å². The SMILES string of the molecule is CSC(C)CCNc1cnc(C#N)cn1. The van der Waals surface area contributed by atoms with Crippen molar-refractivity contribution in [3.8, 4) is 6.07 Å². The van der Waals surface area contributed by atoms with Crippen LogP contribution in [-0.4, -0.2) is 28.0 Å². The fourth-order valence-electron chi connectivity index (χ4n) is 0.998. The van der Waals surface area contributed by atoms with Crippen molar-refractivity contribution >= 4 is 17.6 Å². The predicted molar refractivity (Wildman–Crippen MR) is 62.8 cm³/mol. The molecule has 0 amide bonds. The van der Waals surface area contributed by atoms with E-state index < -0.39 is 0 Å². The summed E-state index contributed by atoms with van der Waals surface area (Å²) in [5, 5.41) is 12.3. The highest BCUT2D eigenvalue weighted by atomic mass is 32.2. The molecule has 0 aliphatic rings. The number of hydrogen-bond donors (Lipinski definition) is 1. The third-order valence-electron chi connectivity index (χ3n) is 2.03. The van der Waals surface area contributed by atoms with Gasteiger partial charge in [-0.15, -0.1) is 0 Å². The maximum atomic E-state index is 8.53. The van der Waals surface area contributed by atoms with E-state index in [1.807, 2.05) is 17.8 Å². The Labute approximate surface area is 94.1 Å². The largest absolute Gasteiger partial charge is 0.369 e. The molecule has 0 aromatic carbocycles. The Bertz CT molecular complexity index is 330. The maximum Gasteiger partial charge on any atom is 0.158 e. The number of anilines is 1. The van der Waals surface area contributed by atoms with Gasteiger partial charge in [-0.2, -0.15) is 17.0 Å². The number of thioether (sulfide) groups is 1. The van der Waals surface area contributed by atoms with E-state index in [1.54, 1.807) is 6.20 Å². The average Bonchev–Trinajstić information content (AvgIpc) is 2.29. The topological polar surface area (TPSA) is 61.6 Å². The van der Waals surface area contributed by atoms with Crippen LogP contribution in [0.15, 0.2) is 12.4 Å². The van der Waals surface area contributed by atoms with Crippen LogP contribution in [0.5, 0.6) is 0 Å². The molecular formula is C10H14N4S. The summed E-state index contributed by atoms with van der Waals surface area (Å²) in [6.45, 7) is 3.07. The first-order valence-corrected chi connectivity index (χ1v) is 6.04. The van der Waals surface area contributed by atoms with E-state index in [1.165, 1.54) is 6.20 Å². The number of nitrogens with one attached hydrogen (secondary N) is 1. The molecule has 1 unspecified atom stereocenters. The van der Waals surface area contributed by atoms with Gasteiger partial charge in [0.15, 0.2) is 5.69 Å². The number of aromatic nitrogens is 2. The molecule has 15 heavy (non-hydrogen) atoms. The highest BCUT2D eigenvalue weighted by Gasteiger charge is 1.99. The van der Waals surface area contributed by atoms with Crippen LogP contribution in [0.4, 0.5) is 5.82 Å². The zero-order chi connectivity index (χ0) is 11.1. The van der Waals surface area contributed by atoms with Crippen molar-refractivity contribution in [3.05, 3.63) is 18.1 Å². The Morgan fingerprint density at radius 2 is 2.33 bits per heavy atom. The summed E-state index contributed by atoms with van der Waals surface area (Å²) in [5.41, 5.74) is 0.345. The second-order valence-electron chi connectivity index (χ2n) is 3.16. The van der Waals surface area contributed by atoms with E-state index >= 15 is 0 Å². The molecule has 0 spiro atoms. The molecule has 0 saturated carbocycles. The second kappa shape index (κ2) is 6.25. The minimum atomic E-state index is 0.345. The minimum absolute atomic E-state index is 0.345. The van der Waals surface area contributed by atoms with Crippen molar-refractivity contribution in [1.29, 1.82) is 5.26 Å². The van der Waals surface area contributed by atoms with Crippen LogP contribution in [0.1, 0.15) is 19.0 Å². The van der Waals surface area contributed by atoms with Gasteiger partial charge in [0.2, 0.25) is 0 Å². The fraction of sp³-hybridized carbons (Fsp3) is 0.500. The summed E-state index contributed by atoms with van der Waals surface area (Å²) in [6.07, 6.45) is 6.25. The predicted octanol–water partition coefficient (Wildman–Crippen LogP) is 1.90. The zero-order valence-electron chi connectivity index (χ0n) is 8.90. The van der Waals surface area contributed by atoms with Crippen molar-refractivity contribution < 1.29 is 0 Å². The lowest BCUT2D eigenvalue weighted by atomic mass is 10.3. The van der Waals surface area contributed by atoms with Crippen molar-refractivity contribution in [2.45, 2.75) is 18.6 Å². The van der Waals surface area contributed by atoms with Crippen molar-refractivity contribution in [2.24, 2.45) is 0 Å². The van der Waals surface area contributed by atoms with Crippen molar-refractivity contribution in [2.75, 3.05) is 18.1 Å². The fourth-order valence-corrected chi connectivity index (χ4v) is 1.35. The molecule has 1 heterocycles. The third kappa shape index (κ3) is 4.17. The van der Waals surface area contributed by atoms with Crippen LogP contribution in [0.3, 0.4) is 0 Å². The van der Waals surface area contributed by atoms with Crippen LogP contribution in [0.25, 0.3) is 0 Å². The summed E-state index contributed by atoms with van der Waals surface area (Å²) >= 11 is 1.85. The molecule has 0 aliphatic carbocycles. The van der Waals surface area contributed by atoms with E-state index in [2.05, 4.69) is 28.5 Å². The Morgan fingerprint density at radius 3 is 2.87 bits per heavy atom. The minimum Gasteiger partial charge on any atom is -0.369 e. The van der Waals surface area contributed by atoms with E-state index in [9.17, 15) is 0 Å². The quantitative estimate of drug-likeness (QED) is 0.824. The van der Waals surface area contributed by atoms with E-state index in [0.29, 0.717) is 10.9 Å². The van der Waals surface area contributed by atoms with Crippen LogP contribution in [0.2, 0.25) is 0 Å². The normalized spacial score (nSPS) is 11.8. The van der Waals surface area contributed by atoms with E-state index in [0.717, 1.165) is 18.8 Å². The highest BCUT2D eigenvalue weighted by molar-refractivity contribution is 7.99. The van der Waals surface area contributed by atoms with Gasteiger partial charge in [-0.25, -0.2) is 9.97 Å². The molecule has 5 heteroatoms. The molecule has 1 N–H and O–H groups in total. The molecule has 4 nitrogen and oxygen atoms in total. The molecule has 80 valence electrons. The molecule has 1 aromatic heterocycles. The summed E-state index contributed by atoms with van der Waals surface area (Å²) < 4.78 is 0. The number of nitrogens with zero attached hydrogens (tertiary/aromatic N) is 3. The average molecular weight is 222 g/mol. The Hall–Kier alpha value is -1.28. The number of nitriles is 1.